The van der Waals surface area contributed by atoms with Crippen LogP contribution in [0.4, 0.5) is 10.1 Å². The average Bonchev–Trinajstić information content (AvgIpc) is 3.09. The number of hydrogen-bond donors (Lipinski definition) is 1. The molecule has 2 saturated heterocycles. The number of hydrogen-bond acceptors (Lipinski definition) is 4. The highest BCUT2D eigenvalue weighted by molar-refractivity contribution is 5.98. The Morgan fingerprint density at radius 1 is 1.30 bits per heavy atom. The lowest BCUT2D eigenvalue weighted by molar-refractivity contribution is -0.385. The molecule has 1 atom stereocenters. The molecular weight excluding hydrogens is 301 g/mol. The molecule has 1 N–H and O–H groups in total. The average molecular weight is 321 g/mol. The number of nitro benzene ring substituents is 1. The maximum atomic E-state index is 13.2. The van der Waals surface area contributed by atoms with Gasteiger partial charge in [-0.05, 0) is 50.3 Å². The van der Waals surface area contributed by atoms with E-state index < -0.39 is 16.4 Å². The summed E-state index contributed by atoms with van der Waals surface area (Å²) in [5.41, 5.74) is -0.497. The number of halogens is 1. The molecule has 2 aliphatic heterocycles. The lowest BCUT2D eigenvalue weighted by atomic mass is 9.88. The molecule has 6 nitrogen and oxygen atoms in total. The molecule has 1 aromatic carbocycles. The SMILES string of the molecule is O=C(c1ccc(F)cc1[N+](=O)[O-])N1CCC(C2CCCN2)CC1. The standard InChI is InChI=1S/C16H20FN3O3/c17-12-3-4-13(15(10-12)20(22)23)16(21)19-8-5-11(6-9-19)14-2-1-7-18-14/h3-4,10-11,14,18H,1-2,5-9H2. The van der Waals surface area contributed by atoms with Crippen molar-refractivity contribution in [3.8, 4) is 0 Å². The van der Waals surface area contributed by atoms with Crippen molar-refractivity contribution in [3.63, 3.8) is 0 Å². The maximum absolute atomic E-state index is 13.2. The molecule has 0 bridgehead atoms. The van der Waals surface area contributed by atoms with E-state index in [0.717, 1.165) is 31.5 Å². The second kappa shape index (κ2) is 6.62. The van der Waals surface area contributed by atoms with Gasteiger partial charge in [0.15, 0.2) is 0 Å². The van der Waals surface area contributed by atoms with E-state index >= 15 is 0 Å². The summed E-state index contributed by atoms with van der Waals surface area (Å²) < 4.78 is 13.2. The largest absolute Gasteiger partial charge is 0.338 e. The van der Waals surface area contributed by atoms with Crippen LogP contribution in [0.1, 0.15) is 36.0 Å². The Morgan fingerprint density at radius 2 is 2.04 bits per heavy atom. The van der Waals surface area contributed by atoms with E-state index in [-0.39, 0.29) is 11.5 Å². The van der Waals surface area contributed by atoms with Gasteiger partial charge in [0, 0.05) is 19.1 Å². The molecule has 0 radical (unpaired) electrons. The molecule has 23 heavy (non-hydrogen) atoms. The monoisotopic (exact) mass is 321 g/mol. The van der Waals surface area contributed by atoms with Crippen LogP contribution >= 0.6 is 0 Å². The first-order valence-corrected chi connectivity index (χ1v) is 8.03. The summed E-state index contributed by atoms with van der Waals surface area (Å²) in [6, 6.07) is 3.64. The fraction of sp³-hybridized carbons (Fsp3) is 0.562. The second-order valence-electron chi connectivity index (χ2n) is 6.25. The fourth-order valence-electron chi connectivity index (χ4n) is 3.63. The highest BCUT2D eigenvalue weighted by Crippen LogP contribution is 2.28. The van der Waals surface area contributed by atoms with Crippen molar-refractivity contribution in [2.45, 2.75) is 31.7 Å². The van der Waals surface area contributed by atoms with Crippen LogP contribution in [0.25, 0.3) is 0 Å². The second-order valence-corrected chi connectivity index (χ2v) is 6.25. The van der Waals surface area contributed by atoms with Gasteiger partial charge in [0.1, 0.15) is 11.4 Å². The van der Waals surface area contributed by atoms with Crippen LogP contribution in [-0.4, -0.2) is 41.4 Å². The lowest BCUT2D eigenvalue weighted by Crippen LogP contribution is -2.43. The zero-order valence-electron chi connectivity index (χ0n) is 12.8. The Labute approximate surface area is 133 Å². The summed E-state index contributed by atoms with van der Waals surface area (Å²) in [6.45, 7) is 2.25. The van der Waals surface area contributed by atoms with Crippen molar-refractivity contribution < 1.29 is 14.1 Å². The lowest BCUT2D eigenvalue weighted by Gasteiger charge is -2.34. The Balaban J connectivity index is 1.69. The zero-order chi connectivity index (χ0) is 16.4. The van der Waals surface area contributed by atoms with E-state index in [2.05, 4.69) is 5.32 Å². The van der Waals surface area contributed by atoms with E-state index in [0.29, 0.717) is 25.0 Å². The van der Waals surface area contributed by atoms with E-state index in [9.17, 15) is 19.3 Å². The van der Waals surface area contributed by atoms with E-state index in [4.69, 9.17) is 0 Å². The molecule has 0 saturated carbocycles. The molecular formula is C16H20FN3O3. The zero-order valence-corrected chi connectivity index (χ0v) is 12.8. The van der Waals surface area contributed by atoms with Gasteiger partial charge in [-0.2, -0.15) is 0 Å². The minimum Gasteiger partial charge on any atom is -0.338 e. The molecule has 124 valence electrons. The Hall–Kier alpha value is -2.02. The van der Waals surface area contributed by atoms with Crippen molar-refractivity contribution in [1.29, 1.82) is 0 Å². The summed E-state index contributed by atoms with van der Waals surface area (Å²) in [6.07, 6.45) is 4.18. The summed E-state index contributed by atoms with van der Waals surface area (Å²) in [5, 5.41) is 14.5. The van der Waals surface area contributed by atoms with Crippen molar-refractivity contribution in [1.82, 2.24) is 10.2 Å². The Kier molecular flexibility index (Phi) is 4.56. The highest BCUT2D eigenvalue weighted by atomic mass is 19.1. The predicted molar refractivity (Wildman–Crippen MR) is 82.7 cm³/mol. The molecule has 3 rings (SSSR count). The summed E-state index contributed by atoms with van der Waals surface area (Å²) in [7, 11) is 0. The first-order valence-electron chi connectivity index (χ1n) is 8.03. The predicted octanol–water partition coefficient (Wildman–Crippen LogP) is 2.34. The number of carbonyl (C=O) groups excluding carboxylic acids is 1. The van der Waals surface area contributed by atoms with Crippen LogP contribution < -0.4 is 5.32 Å². The molecule has 2 aliphatic rings. The number of nitro groups is 1. The number of benzene rings is 1. The molecule has 7 heteroatoms. The minimum atomic E-state index is -0.709. The Bertz CT molecular complexity index is 609. The van der Waals surface area contributed by atoms with E-state index in [1.807, 2.05) is 0 Å². The van der Waals surface area contributed by atoms with Crippen LogP contribution in [0.5, 0.6) is 0 Å². The smallest absolute Gasteiger partial charge is 0.285 e. The van der Waals surface area contributed by atoms with Crippen molar-refractivity contribution in [3.05, 3.63) is 39.7 Å². The highest BCUT2D eigenvalue weighted by Gasteiger charge is 2.32. The quantitative estimate of drug-likeness (QED) is 0.685. The van der Waals surface area contributed by atoms with E-state index in [1.54, 1.807) is 4.90 Å². The summed E-state index contributed by atoms with van der Waals surface area (Å²) in [4.78, 5) is 24.5. The molecule has 1 aromatic rings. The third kappa shape index (κ3) is 3.34. The van der Waals surface area contributed by atoms with Crippen LogP contribution in [0.2, 0.25) is 0 Å². The molecule has 2 heterocycles. The van der Waals surface area contributed by atoms with Gasteiger partial charge in [-0.3, -0.25) is 14.9 Å². The first-order chi connectivity index (χ1) is 11.1. The maximum Gasteiger partial charge on any atom is 0.285 e. The van der Waals surface area contributed by atoms with Crippen LogP contribution in [-0.2, 0) is 0 Å². The number of likely N-dealkylation sites (tertiary alicyclic amines) is 1. The van der Waals surface area contributed by atoms with Gasteiger partial charge in [0.05, 0.1) is 11.0 Å². The van der Waals surface area contributed by atoms with Crippen LogP contribution in [0.3, 0.4) is 0 Å². The molecule has 1 amide bonds. The minimum absolute atomic E-state index is 0.0335. The summed E-state index contributed by atoms with van der Waals surface area (Å²) >= 11 is 0. The van der Waals surface area contributed by atoms with Crippen LogP contribution in [0, 0.1) is 21.8 Å². The van der Waals surface area contributed by atoms with Crippen molar-refractivity contribution in [2.24, 2.45) is 5.92 Å². The number of piperidine rings is 1. The van der Waals surface area contributed by atoms with Gasteiger partial charge < -0.3 is 10.2 Å². The molecule has 1 unspecified atom stereocenters. The third-order valence-corrected chi connectivity index (χ3v) is 4.88. The number of amides is 1. The number of rotatable bonds is 3. The first kappa shape index (κ1) is 15.9. The van der Waals surface area contributed by atoms with Gasteiger partial charge in [0.2, 0.25) is 0 Å². The van der Waals surface area contributed by atoms with Crippen molar-refractivity contribution >= 4 is 11.6 Å². The van der Waals surface area contributed by atoms with Crippen LogP contribution in [0.15, 0.2) is 18.2 Å². The van der Waals surface area contributed by atoms with Gasteiger partial charge in [0.25, 0.3) is 11.6 Å². The Morgan fingerprint density at radius 3 is 2.65 bits per heavy atom. The summed E-state index contributed by atoms with van der Waals surface area (Å²) in [5.74, 6) is -0.529. The van der Waals surface area contributed by atoms with Crippen molar-refractivity contribution in [2.75, 3.05) is 19.6 Å². The molecule has 0 spiro atoms. The normalized spacial score (nSPS) is 22.3. The fourth-order valence-corrected chi connectivity index (χ4v) is 3.63. The van der Waals surface area contributed by atoms with Gasteiger partial charge in [-0.1, -0.05) is 0 Å². The van der Waals surface area contributed by atoms with Gasteiger partial charge in [-0.25, -0.2) is 4.39 Å². The van der Waals surface area contributed by atoms with E-state index in [1.165, 1.54) is 18.9 Å². The molecule has 0 aromatic heterocycles. The number of nitrogens with one attached hydrogen (secondary N) is 1. The number of carbonyl (C=O) groups is 1. The molecule has 2 fully saturated rings. The third-order valence-electron chi connectivity index (χ3n) is 4.88. The van der Waals surface area contributed by atoms with Gasteiger partial charge >= 0.3 is 0 Å². The van der Waals surface area contributed by atoms with Gasteiger partial charge in [-0.15, -0.1) is 0 Å². The topological polar surface area (TPSA) is 75.5 Å². The molecule has 0 aliphatic carbocycles. The number of nitrogens with zero attached hydrogens (tertiary/aromatic N) is 2.